The molecule has 0 aliphatic carbocycles. The van der Waals surface area contributed by atoms with E-state index in [0.717, 1.165) is 5.56 Å². The summed E-state index contributed by atoms with van der Waals surface area (Å²) in [6.45, 7) is 9.35. The Hall–Kier alpha value is -1.13. The van der Waals surface area contributed by atoms with Crippen LogP contribution in [-0.2, 0) is 18.3 Å². The standard InChI is InChI=1S/C20H31O5P/c1-14(2)24-26(22,25-15(3)4)19-13-16(5)20(18(23-19)11-12-21)17-9-7-6-8-10-17/h6-10,13-16,18,20-21H,11-12H2,1-5H3/t16-,18-,20-/m1/s1. The summed E-state index contributed by atoms with van der Waals surface area (Å²) < 4.78 is 30.9. The maximum Gasteiger partial charge on any atom is 0.395 e. The lowest BCUT2D eigenvalue weighted by atomic mass is 9.80. The summed E-state index contributed by atoms with van der Waals surface area (Å²) in [6.07, 6.45) is 1.49. The van der Waals surface area contributed by atoms with E-state index in [4.69, 9.17) is 13.8 Å². The zero-order valence-corrected chi connectivity index (χ0v) is 17.2. The first-order valence-electron chi connectivity index (χ1n) is 9.28. The Morgan fingerprint density at radius 3 is 2.19 bits per heavy atom. The average molecular weight is 382 g/mol. The third-order valence-corrected chi connectivity index (χ3v) is 6.40. The minimum atomic E-state index is -3.57. The number of ether oxygens (including phenoxy) is 1. The summed E-state index contributed by atoms with van der Waals surface area (Å²) in [4.78, 5) is 0. The molecule has 0 amide bonds. The molecule has 0 aromatic heterocycles. The molecule has 146 valence electrons. The van der Waals surface area contributed by atoms with Crippen LogP contribution in [0.15, 0.2) is 41.9 Å². The van der Waals surface area contributed by atoms with Gasteiger partial charge in [-0.3, -0.25) is 4.57 Å². The molecule has 0 bridgehead atoms. The molecule has 26 heavy (non-hydrogen) atoms. The summed E-state index contributed by atoms with van der Waals surface area (Å²) >= 11 is 0. The van der Waals surface area contributed by atoms with Gasteiger partial charge in [0.15, 0.2) is 0 Å². The van der Waals surface area contributed by atoms with Gasteiger partial charge < -0.3 is 18.9 Å². The van der Waals surface area contributed by atoms with Crippen LogP contribution in [0.5, 0.6) is 0 Å². The first-order chi connectivity index (χ1) is 12.3. The Morgan fingerprint density at radius 1 is 1.12 bits per heavy atom. The number of benzene rings is 1. The van der Waals surface area contributed by atoms with Crippen molar-refractivity contribution in [3.05, 3.63) is 47.5 Å². The Morgan fingerprint density at radius 2 is 1.69 bits per heavy atom. The Kier molecular flexibility index (Phi) is 7.48. The molecule has 1 aromatic rings. The van der Waals surface area contributed by atoms with Crippen molar-refractivity contribution in [1.29, 1.82) is 0 Å². The second kappa shape index (κ2) is 9.18. The lowest BCUT2D eigenvalue weighted by Gasteiger charge is -2.38. The van der Waals surface area contributed by atoms with E-state index in [1.54, 1.807) is 0 Å². The van der Waals surface area contributed by atoms with Crippen molar-refractivity contribution in [3.8, 4) is 0 Å². The molecular weight excluding hydrogens is 351 g/mol. The Labute approximate surface area is 156 Å². The van der Waals surface area contributed by atoms with Gasteiger partial charge in [-0.25, -0.2) is 0 Å². The molecule has 0 radical (unpaired) electrons. The fraction of sp³-hybridized carbons (Fsp3) is 0.600. The molecule has 1 aliphatic heterocycles. The van der Waals surface area contributed by atoms with Gasteiger partial charge in [0.2, 0.25) is 5.50 Å². The van der Waals surface area contributed by atoms with E-state index in [1.807, 2.05) is 52.0 Å². The third-order valence-electron chi connectivity index (χ3n) is 4.21. The highest BCUT2D eigenvalue weighted by molar-refractivity contribution is 7.58. The molecule has 0 fully saturated rings. The van der Waals surface area contributed by atoms with Gasteiger partial charge in [-0.05, 0) is 45.3 Å². The van der Waals surface area contributed by atoms with E-state index in [0.29, 0.717) is 6.42 Å². The molecule has 1 aliphatic rings. The molecule has 2 rings (SSSR count). The van der Waals surface area contributed by atoms with Crippen LogP contribution in [0.25, 0.3) is 0 Å². The van der Waals surface area contributed by atoms with Crippen molar-refractivity contribution >= 4 is 7.60 Å². The predicted molar refractivity (Wildman–Crippen MR) is 103 cm³/mol. The van der Waals surface area contributed by atoms with Gasteiger partial charge >= 0.3 is 7.60 Å². The van der Waals surface area contributed by atoms with Crippen LogP contribution >= 0.6 is 7.60 Å². The van der Waals surface area contributed by atoms with Crippen molar-refractivity contribution in [1.82, 2.24) is 0 Å². The van der Waals surface area contributed by atoms with Gasteiger partial charge in [-0.2, -0.15) is 0 Å². The molecule has 5 nitrogen and oxygen atoms in total. The molecular formula is C20H31O5P. The second-order valence-electron chi connectivity index (χ2n) is 7.27. The highest BCUT2D eigenvalue weighted by atomic mass is 31.2. The van der Waals surface area contributed by atoms with E-state index in [-0.39, 0.29) is 42.3 Å². The lowest BCUT2D eigenvalue weighted by molar-refractivity contribution is 0.0390. The molecule has 3 atom stereocenters. The first kappa shape index (κ1) is 21.2. The second-order valence-corrected chi connectivity index (χ2v) is 9.13. The zero-order chi connectivity index (χ0) is 19.3. The van der Waals surface area contributed by atoms with Gasteiger partial charge in [0.05, 0.1) is 12.2 Å². The van der Waals surface area contributed by atoms with Gasteiger partial charge in [0.1, 0.15) is 6.10 Å². The molecule has 0 unspecified atom stereocenters. The van der Waals surface area contributed by atoms with E-state index in [1.165, 1.54) is 0 Å². The van der Waals surface area contributed by atoms with Gasteiger partial charge in [0.25, 0.3) is 0 Å². The minimum Gasteiger partial charge on any atom is -0.482 e. The molecule has 1 aromatic carbocycles. The summed E-state index contributed by atoms with van der Waals surface area (Å²) in [7, 11) is -3.57. The fourth-order valence-corrected chi connectivity index (χ4v) is 5.38. The zero-order valence-electron chi connectivity index (χ0n) is 16.3. The molecule has 6 heteroatoms. The van der Waals surface area contributed by atoms with Crippen molar-refractivity contribution in [2.75, 3.05) is 6.61 Å². The van der Waals surface area contributed by atoms with Crippen molar-refractivity contribution in [2.45, 2.75) is 65.3 Å². The van der Waals surface area contributed by atoms with E-state index < -0.39 is 7.60 Å². The maximum absolute atomic E-state index is 13.4. The highest BCUT2D eigenvalue weighted by Gasteiger charge is 2.42. The monoisotopic (exact) mass is 382 g/mol. The molecule has 0 saturated carbocycles. The Bertz CT molecular complexity index is 627. The molecule has 1 heterocycles. The first-order valence-corrected chi connectivity index (χ1v) is 10.8. The van der Waals surface area contributed by atoms with E-state index in [2.05, 4.69) is 19.1 Å². The van der Waals surface area contributed by atoms with Crippen LogP contribution < -0.4 is 0 Å². The highest BCUT2D eigenvalue weighted by Crippen LogP contribution is 2.61. The third kappa shape index (κ3) is 5.20. The quantitative estimate of drug-likeness (QED) is 0.636. The topological polar surface area (TPSA) is 65.0 Å². The van der Waals surface area contributed by atoms with Crippen molar-refractivity contribution in [3.63, 3.8) is 0 Å². The average Bonchev–Trinajstić information content (AvgIpc) is 2.54. The van der Waals surface area contributed by atoms with Gasteiger partial charge in [-0.1, -0.05) is 37.3 Å². The number of hydrogen-bond donors (Lipinski definition) is 1. The van der Waals surface area contributed by atoms with Crippen molar-refractivity contribution < 1.29 is 23.5 Å². The van der Waals surface area contributed by atoms with Gasteiger partial charge in [-0.15, -0.1) is 0 Å². The van der Waals surface area contributed by atoms with E-state index >= 15 is 0 Å². The number of rotatable bonds is 8. The minimum absolute atomic E-state index is 0.00558. The largest absolute Gasteiger partial charge is 0.482 e. The Balaban J connectivity index is 2.39. The van der Waals surface area contributed by atoms with Crippen LogP contribution in [0.4, 0.5) is 0 Å². The summed E-state index contributed by atoms with van der Waals surface area (Å²) in [6, 6.07) is 10.1. The van der Waals surface area contributed by atoms with Crippen LogP contribution in [0.1, 0.15) is 52.5 Å². The molecule has 0 spiro atoms. The van der Waals surface area contributed by atoms with Crippen LogP contribution in [0.2, 0.25) is 0 Å². The summed E-state index contributed by atoms with van der Waals surface area (Å²) in [5, 5.41) is 9.52. The van der Waals surface area contributed by atoms with Gasteiger partial charge in [0, 0.05) is 18.9 Å². The van der Waals surface area contributed by atoms with Crippen LogP contribution in [0, 0.1) is 5.92 Å². The maximum atomic E-state index is 13.4. The summed E-state index contributed by atoms with van der Waals surface area (Å²) in [5.74, 6) is 0.135. The molecule has 1 N–H and O–H groups in total. The van der Waals surface area contributed by atoms with Crippen molar-refractivity contribution in [2.24, 2.45) is 5.92 Å². The number of allylic oxidation sites excluding steroid dienone is 1. The predicted octanol–water partition coefficient (Wildman–Crippen LogP) is 5.07. The number of aliphatic hydroxyl groups is 1. The smallest absolute Gasteiger partial charge is 0.395 e. The SMILES string of the molecule is CC(C)OP(=O)(OC(C)C)C1=C[C@@H](C)[C@H](c2ccccc2)[C@@H](CCO)O1. The van der Waals surface area contributed by atoms with E-state index in [9.17, 15) is 9.67 Å². The van der Waals surface area contributed by atoms with Crippen LogP contribution in [0.3, 0.4) is 0 Å². The summed E-state index contributed by atoms with van der Waals surface area (Å²) in [5.41, 5.74) is 1.40. The number of hydrogen-bond acceptors (Lipinski definition) is 5. The molecule has 0 saturated heterocycles. The fourth-order valence-electron chi connectivity index (χ4n) is 3.33. The number of aliphatic hydroxyl groups excluding tert-OH is 1. The lowest BCUT2D eigenvalue weighted by Crippen LogP contribution is -2.32. The van der Waals surface area contributed by atoms with Crippen LogP contribution in [-0.4, -0.2) is 30.0 Å². The normalized spacial score (nSPS) is 23.8.